The molecule has 1 aromatic carbocycles. The van der Waals surface area contributed by atoms with Crippen LogP contribution in [0.25, 0.3) is 0 Å². The summed E-state index contributed by atoms with van der Waals surface area (Å²) in [6.45, 7) is 2.15. The first-order chi connectivity index (χ1) is 15.0. The summed E-state index contributed by atoms with van der Waals surface area (Å²) in [5.74, 6) is -1.12. The lowest BCUT2D eigenvalue weighted by atomic mass is 10.2. The van der Waals surface area contributed by atoms with E-state index in [-0.39, 0.29) is 21.6 Å². The van der Waals surface area contributed by atoms with Crippen molar-refractivity contribution < 1.29 is 33.0 Å². The van der Waals surface area contributed by atoms with Gasteiger partial charge < -0.3 is 18.6 Å². The third-order valence-corrected chi connectivity index (χ3v) is 4.55. The van der Waals surface area contributed by atoms with Crippen molar-refractivity contribution in [3.8, 4) is 11.5 Å². The van der Waals surface area contributed by atoms with Gasteiger partial charge in [-0.3, -0.25) is 10.1 Å². The number of hydrogen-bond donors (Lipinski definition) is 1. The van der Waals surface area contributed by atoms with E-state index in [2.05, 4.69) is 20.3 Å². The maximum Gasteiger partial charge on any atom is 0.379 e. The van der Waals surface area contributed by atoms with Gasteiger partial charge in [0.1, 0.15) is 0 Å². The maximum atomic E-state index is 12.1. The molecule has 1 fully saturated rings. The summed E-state index contributed by atoms with van der Waals surface area (Å²) in [4.78, 5) is 35.3. The fraction of sp³-hybridized carbons (Fsp3) is 0.150. The number of rotatable bonds is 7. The van der Waals surface area contributed by atoms with Gasteiger partial charge in [-0.05, 0) is 54.6 Å². The second-order valence-corrected chi connectivity index (χ2v) is 6.77. The number of amides is 1. The predicted octanol–water partition coefficient (Wildman–Crippen LogP) is 2.51. The summed E-state index contributed by atoms with van der Waals surface area (Å²) < 4.78 is 20.4. The van der Waals surface area contributed by atoms with E-state index in [9.17, 15) is 14.4 Å². The molecule has 11 heteroatoms. The summed E-state index contributed by atoms with van der Waals surface area (Å²) in [5, 5.41) is 10.5. The largest absolute Gasteiger partial charge is 0.490 e. The van der Waals surface area contributed by atoms with Crippen LogP contribution >= 0.6 is 11.8 Å². The molecule has 0 saturated carbocycles. The first-order valence-corrected chi connectivity index (χ1v) is 9.74. The Morgan fingerprint density at radius 3 is 2.81 bits per heavy atom. The van der Waals surface area contributed by atoms with Gasteiger partial charge in [0.15, 0.2) is 16.7 Å². The Morgan fingerprint density at radius 1 is 1.26 bits per heavy atom. The third-order valence-electron chi connectivity index (χ3n) is 3.65. The zero-order valence-electron chi connectivity index (χ0n) is 16.5. The number of hydrogen-bond acceptors (Lipinski definition) is 10. The molecule has 1 N–H and O–H groups in total. The van der Waals surface area contributed by atoms with Gasteiger partial charge in [0.25, 0.3) is 5.91 Å². The molecule has 31 heavy (non-hydrogen) atoms. The molecule has 10 nitrogen and oxygen atoms in total. The first-order valence-electron chi connectivity index (χ1n) is 8.92. The van der Waals surface area contributed by atoms with Crippen LogP contribution in [0.3, 0.4) is 0 Å². The number of methoxy groups -OCH3 is 1. The van der Waals surface area contributed by atoms with Crippen molar-refractivity contribution in [3.05, 3.63) is 58.9 Å². The SMILES string of the molecule is CCOc1cc(C=N/N=C2/NC(=O)/C(=C\C(=O)OC)S2)ccc1OC(=O)c1ccco1. The van der Waals surface area contributed by atoms with Crippen molar-refractivity contribution >= 4 is 41.0 Å². The number of thioether (sulfide) groups is 1. The summed E-state index contributed by atoms with van der Waals surface area (Å²) >= 11 is 0.962. The second-order valence-electron chi connectivity index (χ2n) is 5.74. The first kappa shape index (κ1) is 21.8. The molecule has 2 heterocycles. The molecule has 1 aliphatic heterocycles. The Labute approximate surface area is 180 Å². The lowest BCUT2D eigenvalue weighted by molar-refractivity contribution is -0.135. The van der Waals surface area contributed by atoms with E-state index in [0.717, 1.165) is 17.8 Å². The molecular weight excluding hydrogens is 426 g/mol. The van der Waals surface area contributed by atoms with E-state index in [1.165, 1.54) is 25.7 Å². The number of carbonyl (C=O) groups is 3. The molecule has 1 saturated heterocycles. The zero-order chi connectivity index (χ0) is 22.2. The zero-order valence-corrected chi connectivity index (χ0v) is 17.3. The Bertz CT molecular complexity index is 1070. The van der Waals surface area contributed by atoms with Crippen LogP contribution in [0.15, 0.2) is 62.2 Å². The molecule has 0 radical (unpaired) electrons. The van der Waals surface area contributed by atoms with Crippen molar-refractivity contribution in [3.63, 3.8) is 0 Å². The minimum Gasteiger partial charge on any atom is -0.490 e. The second kappa shape index (κ2) is 10.3. The van der Waals surface area contributed by atoms with Crippen molar-refractivity contribution in [2.24, 2.45) is 10.2 Å². The number of esters is 2. The Kier molecular flexibility index (Phi) is 7.22. The number of furan rings is 1. The average Bonchev–Trinajstić information content (AvgIpc) is 3.40. The van der Waals surface area contributed by atoms with E-state index in [4.69, 9.17) is 13.9 Å². The van der Waals surface area contributed by atoms with Crippen LogP contribution in [0.1, 0.15) is 23.0 Å². The Balaban J connectivity index is 1.71. The molecule has 1 aliphatic rings. The molecule has 0 spiro atoms. The molecule has 0 aliphatic carbocycles. The quantitative estimate of drug-likeness (QED) is 0.227. The predicted molar refractivity (Wildman–Crippen MR) is 112 cm³/mol. The van der Waals surface area contributed by atoms with Gasteiger partial charge in [0.2, 0.25) is 5.76 Å². The van der Waals surface area contributed by atoms with Gasteiger partial charge in [0, 0.05) is 6.08 Å². The van der Waals surface area contributed by atoms with E-state index in [1.54, 1.807) is 31.2 Å². The highest BCUT2D eigenvalue weighted by molar-refractivity contribution is 8.18. The van der Waals surface area contributed by atoms with Gasteiger partial charge in [-0.25, -0.2) is 9.59 Å². The molecule has 160 valence electrons. The van der Waals surface area contributed by atoms with Crippen molar-refractivity contribution in [2.75, 3.05) is 13.7 Å². The van der Waals surface area contributed by atoms with Gasteiger partial charge in [-0.1, -0.05) is 0 Å². The molecule has 0 unspecified atom stereocenters. The molecule has 1 aromatic heterocycles. The minimum absolute atomic E-state index is 0.0700. The fourth-order valence-electron chi connectivity index (χ4n) is 2.29. The average molecular weight is 443 g/mol. The lowest BCUT2D eigenvalue weighted by Crippen LogP contribution is -2.19. The number of carbonyl (C=O) groups excluding carboxylic acids is 3. The summed E-state index contributed by atoms with van der Waals surface area (Å²) in [5.41, 5.74) is 0.616. The van der Waals surface area contributed by atoms with Gasteiger partial charge in [0.05, 0.1) is 31.1 Å². The highest BCUT2D eigenvalue weighted by Crippen LogP contribution is 2.29. The van der Waals surface area contributed by atoms with Crippen LogP contribution in [0.2, 0.25) is 0 Å². The standard InChI is InChI=1S/C20H17N3O7S/c1-3-28-15-9-12(6-7-13(15)30-19(26)14-5-4-8-29-14)11-21-23-20-22-18(25)16(31-20)10-17(24)27-2/h4-11H,3H2,1-2H3,(H,22,23,25)/b16-10+,21-11?. The van der Waals surface area contributed by atoms with Crippen molar-refractivity contribution in [1.82, 2.24) is 5.32 Å². The smallest absolute Gasteiger partial charge is 0.379 e. The van der Waals surface area contributed by atoms with E-state index in [0.29, 0.717) is 17.9 Å². The number of nitrogens with zero attached hydrogens (tertiary/aromatic N) is 2. The highest BCUT2D eigenvalue weighted by Gasteiger charge is 2.25. The molecule has 0 atom stereocenters. The monoisotopic (exact) mass is 443 g/mol. The summed E-state index contributed by atoms with van der Waals surface area (Å²) in [6.07, 6.45) is 3.88. The van der Waals surface area contributed by atoms with E-state index >= 15 is 0 Å². The number of benzene rings is 1. The van der Waals surface area contributed by atoms with Crippen molar-refractivity contribution in [2.45, 2.75) is 6.92 Å². The maximum absolute atomic E-state index is 12.1. The normalized spacial score (nSPS) is 16.0. The molecule has 2 aromatic rings. The van der Waals surface area contributed by atoms with Crippen molar-refractivity contribution in [1.29, 1.82) is 0 Å². The van der Waals surface area contributed by atoms with E-state index < -0.39 is 17.8 Å². The summed E-state index contributed by atoms with van der Waals surface area (Å²) in [7, 11) is 1.22. The van der Waals surface area contributed by atoms with E-state index in [1.807, 2.05) is 0 Å². The fourth-order valence-corrected chi connectivity index (χ4v) is 3.03. The van der Waals surface area contributed by atoms with Crippen LogP contribution in [-0.4, -0.2) is 42.9 Å². The molecule has 0 bridgehead atoms. The Morgan fingerprint density at radius 2 is 2.10 bits per heavy atom. The number of ether oxygens (including phenoxy) is 3. The topological polar surface area (TPSA) is 129 Å². The Hall–Kier alpha value is -3.86. The lowest BCUT2D eigenvalue weighted by Gasteiger charge is -2.10. The number of nitrogens with one attached hydrogen (secondary N) is 1. The van der Waals surface area contributed by atoms with Gasteiger partial charge >= 0.3 is 11.9 Å². The van der Waals surface area contributed by atoms with Crippen LogP contribution in [0.5, 0.6) is 11.5 Å². The molecule has 3 rings (SSSR count). The molecular formula is C20H17N3O7S. The highest BCUT2D eigenvalue weighted by atomic mass is 32.2. The molecule has 1 amide bonds. The van der Waals surface area contributed by atoms with Crippen LogP contribution < -0.4 is 14.8 Å². The van der Waals surface area contributed by atoms with Crippen LogP contribution in [-0.2, 0) is 14.3 Å². The van der Waals surface area contributed by atoms with Crippen LogP contribution in [0, 0.1) is 0 Å². The third kappa shape index (κ3) is 5.82. The summed E-state index contributed by atoms with van der Waals surface area (Å²) in [6, 6.07) is 7.92. The van der Waals surface area contributed by atoms with Crippen LogP contribution in [0.4, 0.5) is 0 Å². The minimum atomic E-state index is -0.649. The van der Waals surface area contributed by atoms with Gasteiger partial charge in [-0.15, -0.1) is 5.10 Å². The van der Waals surface area contributed by atoms with Gasteiger partial charge in [-0.2, -0.15) is 5.10 Å². The number of amidine groups is 1.